The smallest absolute Gasteiger partial charge is 0.335 e. The molecule has 0 unspecified atom stereocenters. The van der Waals surface area contributed by atoms with E-state index in [1.54, 1.807) is 24.3 Å². The first-order valence-electron chi connectivity index (χ1n) is 4.97. The standard InChI is InChI=1S/C13H11FO2/c1-2-11(12-7-8-16-13(12)15)9-3-5-10(14)6-4-9/h2-7,11H,1,8H2/t11-/m1/s1. The van der Waals surface area contributed by atoms with Gasteiger partial charge in [-0.05, 0) is 23.8 Å². The van der Waals surface area contributed by atoms with Crippen LogP contribution in [0, 0.1) is 5.82 Å². The molecule has 0 aliphatic carbocycles. The minimum absolute atomic E-state index is 0.226. The fourth-order valence-corrected chi connectivity index (χ4v) is 1.74. The molecular formula is C13H11FO2. The van der Waals surface area contributed by atoms with Crippen LogP contribution in [0.15, 0.2) is 48.6 Å². The molecule has 1 aliphatic heterocycles. The molecule has 3 heteroatoms. The molecule has 0 fully saturated rings. The summed E-state index contributed by atoms with van der Waals surface area (Å²) in [7, 11) is 0. The number of esters is 1. The van der Waals surface area contributed by atoms with E-state index < -0.39 is 0 Å². The molecule has 1 atom stereocenters. The minimum atomic E-state index is -0.325. The van der Waals surface area contributed by atoms with Crippen molar-refractivity contribution < 1.29 is 13.9 Å². The molecule has 1 heterocycles. The van der Waals surface area contributed by atoms with Gasteiger partial charge >= 0.3 is 5.97 Å². The van der Waals surface area contributed by atoms with Crippen molar-refractivity contribution in [2.24, 2.45) is 0 Å². The first-order valence-corrected chi connectivity index (χ1v) is 4.97. The normalized spacial score (nSPS) is 16.6. The van der Waals surface area contributed by atoms with E-state index in [1.807, 2.05) is 0 Å². The van der Waals surface area contributed by atoms with E-state index in [0.29, 0.717) is 12.2 Å². The Bertz CT molecular complexity index is 446. The molecule has 0 bridgehead atoms. The van der Waals surface area contributed by atoms with E-state index in [0.717, 1.165) is 5.56 Å². The van der Waals surface area contributed by atoms with Crippen LogP contribution >= 0.6 is 0 Å². The van der Waals surface area contributed by atoms with Crippen LogP contribution in [0.2, 0.25) is 0 Å². The van der Waals surface area contributed by atoms with Gasteiger partial charge in [-0.1, -0.05) is 18.2 Å². The van der Waals surface area contributed by atoms with Crippen molar-refractivity contribution in [3.8, 4) is 0 Å². The Hall–Kier alpha value is -1.90. The molecule has 0 aromatic heterocycles. The Balaban J connectivity index is 2.32. The zero-order chi connectivity index (χ0) is 11.5. The largest absolute Gasteiger partial charge is 0.458 e. The van der Waals surface area contributed by atoms with Gasteiger partial charge in [0, 0.05) is 11.5 Å². The quantitative estimate of drug-likeness (QED) is 0.575. The summed E-state index contributed by atoms with van der Waals surface area (Å²) in [6.07, 6.45) is 3.39. The van der Waals surface area contributed by atoms with Crippen LogP contribution < -0.4 is 0 Å². The van der Waals surface area contributed by atoms with Crippen molar-refractivity contribution in [1.82, 2.24) is 0 Å². The highest BCUT2D eigenvalue weighted by Gasteiger charge is 2.24. The molecular weight excluding hydrogens is 207 g/mol. The average Bonchev–Trinajstić information content (AvgIpc) is 2.69. The maximum atomic E-state index is 12.8. The topological polar surface area (TPSA) is 26.3 Å². The molecule has 0 spiro atoms. The van der Waals surface area contributed by atoms with E-state index in [1.165, 1.54) is 12.1 Å². The minimum Gasteiger partial charge on any atom is -0.458 e. The number of carbonyl (C=O) groups is 1. The zero-order valence-corrected chi connectivity index (χ0v) is 8.65. The van der Waals surface area contributed by atoms with Crippen molar-refractivity contribution >= 4 is 5.97 Å². The number of hydrogen-bond acceptors (Lipinski definition) is 2. The number of cyclic esters (lactones) is 1. The highest BCUT2D eigenvalue weighted by atomic mass is 19.1. The lowest BCUT2D eigenvalue weighted by atomic mass is 9.91. The molecule has 2 rings (SSSR count). The van der Waals surface area contributed by atoms with E-state index in [9.17, 15) is 9.18 Å². The van der Waals surface area contributed by atoms with Crippen LogP contribution in [0.3, 0.4) is 0 Å². The van der Waals surface area contributed by atoms with Crippen LogP contribution in [-0.2, 0) is 9.53 Å². The molecule has 0 amide bonds. The summed E-state index contributed by atoms with van der Waals surface area (Å²) in [5, 5.41) is 0. The lowest BCUT2D eigenvalue weighted by Gasteiger charge is -2.12. The molecule has 82 valence electrons. The van der Waals surface area contributed by atoms with E-state index >= 15 is 0 Å². The second-order valence-corrected chi connectivity index (χ2v) is 3.52. The van der Waals surface area contributed by atoms with Gasteiger partial charge in [-0.2, -0.15) is 0 Å². The molecule has 0 saturated carbocycles. The highest BCUT2D eigenvalue weighted by molar-refractivity contribution is 5.92. The molecule has 1 aromatic carbocycles. The fourth-order valence-electron chi connectivity index (χ4n) is 1.74. The third kappa shape index (κ3) is 1.89. The Kier molecular flexibility index (Phi) is 2.86. The van der Waals surface area contributed by atoms with Crippen molar-refractivity contribution in [3.05, 3.63) is 60.0 Å². The van der Waals surface area contributed by atoms with Gasteiger partial charge in [0.05, 0.1) is 0 Å². The van der Waals surface area contributed by atoms with Gasteiger partial charge in [0.25, 0.3) is 0 Å². The number of rotatable bonds is 3. The van der Waals surface area contributed by atoms with Crippen LogP contribution in [0.4, 0.5) is 4.39 Å². The second-order valence-electron chi connectivity index (χ2n) is 3.52. The maximum Gasteiger partial charge on any atom is 0.335 e. The van der Waals surface area contributed by atoms with Gasteiger partial charge in [0.2, 0.25) is 0 Å². The van der Waals surface area contributed by atoms with Crippen molar-refractivity contribution in [2.75, 3.05) is 6.61 Å². The van der Waals surface area contributed by atoms with Gasteiger partial charge in [-0.15, -0.1) is 6.58 Å². The van der Waals surface area contributed by atoms with Crippen LogP contribution in [0.1, 0.15) is 11.5 Å². The number of carbonyl (C=O) groups excluding carboxylic acids is 1. The second kappa shape index (κ2) is 4.31. The number of halogens is 1. The number of ether oxygens (including phenoxy) is 1. The highest BCUT2D eigenvalue weighted by Crippen LogP contribution is 2.28. The van der Waals surface area contributed by atoms with Crippen LogP contribution in [0.5, 0.6) is 0 Å². The van der Waals surface area contributed by atoms with Crippen molar-refractivity contribution in [1.29, 1.82) is 0 Å². The third-order valence-electron chi connectivity index (χ3n) is 2.55. The predicted octanol–water partition coefficient (Wildman–Crippen LogP) is 2.58. The summed E-state index contributed by atoms with van der Waals surface area (Å²) in [4.78, 5) is 11.4. The summed E-state index contributed by atoms with van der Waals surface area (Å²) in [5.41, 5.74) is 1.41. The summed E-state index contributed by atoms with van der Waals surface area (Å²) >= 11 is 0. The summed E-state index contributed by atoms with van der Waals surface area (Å²) in [6.45, 7) is 4.00. The van der Waals surface area contributed by atoms with Crippen molar-refractivity contribution in [3.63, 3.8) is 0 Å². The Labute approximate surface area is 93.0 Å². The third-order valence-corrected chi connectivity index (χ3v) is 2.55. The number of hydrogen-bond donors (Lipinski definition) is 0. The monoisotopic (exact) mass is 218 g/mol. The van der Waals surface area contributed by atoms with E-state index in [-0.39, 0.29) is 17.7 Å². The fraction of sp³-hybridized carbons (Fsp3) is 0.154. The molecule has 0 radical (unpaired) electrons. The first-order chi connectivity index (χ1) is 7.72. The first kappa shape index (κ1) is 10.6. The molecule has 16 heavy (non-hydrogen) atoms. The molecule has 1 aliphatic rings. The van der Waals surface area contributed by atoms with Gasteiger partial charge in [-0.3, -0.25) is 0 Å². The molecule has 0 saturated heterocycles. The summed E-state index contributed by atoms with van der Waals surface area (Å²) in [5.74, 6) is -0.848. The Morgan fingerprint density at radius 1 is 1.38 bits per heavy atom. The predicted molar refractivity (Wildman–Crippen MR) is 58.4 cm³/mol. The number of allylic oxidation sites excluding steroid dienone is 1. The Morgan fingerprint density at radius 2 is 2.06 bits per heavy atom. The van der Waals surface area contributed by atoms with Gasteiger partial charge in [0.1, 0.15) is 12.4 Å². The van der Waals surface area contributed by atoms with Crippen LogP contribution in [0.25, 0.3) is 0 Å². The van der Waals surface area contributed by atoms with Gasteiger partial charge in [-0.25, -0.2) is 9.18 Å². The SMILES string of the molecule is C=C[C@@H](C1=CCOC1=O)c1ccc(F)cc1. The average molecular weight is 218 g/mol. The zero-order valence-electron chi connectivity index (χ0n) is 8.65. The maximum absolute atomic E-state index is 12.8. The molecule has 1 aromatic rings. The number of benzene rings is 1. The van der Waals surface area contributed by atoms with E-state index in [4.69, 9.17) is 4.74 Å². The molecule has 0 N–H and O–H groups in total. The van der Waals surface area contributed by atoms with Gasteiger partial charge in [0.15, 0.2) is 0 Å². The summed E-state index contributed by atoms with van der Waals surface area (Å²) < 4.78 is 17.6. The van der Waals surface area contributed by atoms with E-state index in [2.05, 4.69) is 6.58 Å². The lowest BCUT2D eigenvalue weighted by molar-refractivity contribution is -0.136. The Morgan fingerprint density at radius 3 is 2.56 bits per heavy atom. The lowest BCUT2D eigenvalue weighted by Crippen LogP contribution is -2.07. The summed E-state index contributed by atoms with van der Waals surface area (Å²) in [6, 6.07) is 6.03. The molecule has 2 nitrogen and oxygen atoms in total. The van der Waals surface area contributed by atoms with Gasteiger partial charge < -0.3 is 4.74 Å². The van der Waals surface area contributed by atoms with Crippen LogP contribution in [-0.4, -0.2) is 12.6 Å². The van der Waals surface area contributed by atoms with Crippen molar-refractivity contribution in [2.45, 2.75) is 5.92 Å².